The molecule has 1 amide bonds. The van der Waals surface area contributed by atoms with Crippen LogP contribution in [0.2, 0.25) is 0 Å². The summed E-state index contributed by atoms with van der Waals surface area (Å²) in [7, 11) is 0. The lowest BCUT2D eigenvalue weighted by Gasteiger charge is -2.35. The molecule has 1 aliphatic rings. The van der Waals surface area contributed by atoms with Crippen molar-refractivity contribution in [2.45, 2.75) is 0 Å². The zero-order valence-corrected chi connectivity index (χ0v) is 14.6. The van der Waals surface area contributed by atoms with Crippen LogP contribution in [-0.2, 0) is 0 Å². The molecule has 8 nitrogen and oxygen atoms in total. The number of nitrogens with zero attached hydrogens (tertiary/aromatic N) is 7. The van der Waals surface area contributed by atoms with Gasteiger partial charge in [-0.3, -0.25) is 4.79 Å². The first kappa shape index (κ1) is 15.7. The Balaban J connectivity index is 1.43. The normalized spacial score (nSPS) is 14.8. The molecule has 0 radical (unpaired) electrons. The molecule has 27 heavy (non-hydrogen) atoms. The molecular weight excluding hydrogens is 342 g/mol. The highest BCUT2D eigenvalue weighted by molar-refractivity contribution is 6.00. The minimum atomic E-state index is 0.0731. The molecule has 0 unspecified atom stereocenters. The van der Waals surface area contributed by atoms with Crippen molar-refractivity contribution < 1.29 is 4.79 Å². The van der Waals surface area contributed by atoms with E-state index in [1.54, 1.807) is 0 Å². The first-order valence-electron chi connectivity index (χ1n) is 8.88. The van der Waals surface area contributed by atoms with E-state index in [9.17, 15) is 4.79 Å². The second-order valence-corrected chi connectivity index (χ2v) is 6.51. The lowest BCUT2D eigenvalue weighted by molar-refractivity contribution is 0.0746. The average molecular weight is 359 g/mol. The molecule has 5 rings (SSSR count). The third-order valence-electron chi connectivity index (χ3n) is 4.94. The molecule has 134 valence electrons. The SMILES string of the molecule is O=C(c1ccccc1)N1CCN(c2nn3nnnc3c3ccccc23)CC1. The van der Waals surface area contributed by atoms with E-state index in [0.29, 0.717) is 31.8 Å². The molecule has 2 aromatic carbocycles. The van der Waals surface area contributed by atoms with E-state index >= 15 is 0 Å². The van der Waals surface area contributed by atoms with Crippen molar-refractivity contribution in [3.05, 3.63) is 60.2 Å². The summed E-state index contributed by atoms with van der Waals surface area (Å²) < 4.78 is 1.47. The van der Waals surface area contributed by atoms with E-state index in [-0.39, 0.29) is 5.91 Å². The topological polar surface area (TPSA) is 79.5 Å². The Labute approximate surface area is 155 Å². The van der Waals surface area contributed by atoms with Crippen LogP contribution in [0, 0.1) is 0 Å². The number of benzene rings is 2. The average Bonchev–Trinajstić information content (AvgIpc) is 3.22. The van der Waals surface area contributed by atoms with Crippen LogP contribution in [0.3, 0.4) is 0 Å². The van der Waals surface area contributed by atoms with Crippen LogP contribution in [0.25, 0.3) is 16.4 Å². The number of anilines is 1. The van der Waals surface area contributed by atoms with Gasteiger partial charge >= 0.3 is 0 Å². The molecular formula is C19H17N7O. The van der Waals surface area contributed by atoms with Crippen molar-refractivity contribution in [3.63, 3.8) is 0 Å². The van der Waals surface area contributed by atoms with Gasteiger partial charge in [-0.1, -0.05) is 42.5 Å². The van der Waals surface area contributed by atoms with Gasteiger partial charge in [0.2, 0.25) is 5.65 Å². The highest BCUT2D eigenvalue weighted by atomic mass is 16.2. The van der Waals surface area contributed by atoms with Gasteiger partial charge in [0.1, 0.15) is 0 Å². The van der Waals surface area contributed by atoms with Crippen LogP contribution >= 0.6 is 0 Å². The van der Waals surface area contributed by atoms with Crippen molar-refractivity contribution in [1.29, 1.82) is 0 Å². The molecule has 0 aliphatic carbocycles. The van der Waals surface area contributed by atoms with E-state index in [4.69, 9.17) is 0 Å². The number of rotatable bonds is 2. The number of fused-ring (bicyclic) bond motifs is 3. The van der Waals surface area contributed by atoms with Crippen LogP contribution < -0.4 is 4.90 Å². The van der Waals surface area contributed by atoms with Gasteiger partial charge < -0.3 is 9.80 Å². The number of aromatic nitrogens is 5. The summed E-state index contributed by atoms with van der Waals surface area (Å²) in [4.78, 5) is 16.7. The van der Waals surface area contributed by atoms with Gasteiger partial charge in [-0.05, 0) is 22.6 Å². The minimum absolute atomic E-state index is 0.0731. The van der Waals surface area contributed by atoms with Crippen LogP contribution in [0.15, 0.2) is 54.6 Å². The van der Waals surface area contributed by atoms with Crippen LogP contribution in [-0.4, -0.2) is 62.2 Å². The van der Waals surface area contributed by atoms with Crippen molar-refractivity contribution >= 4 is 28.1 Å². The van der Waals surface area contributed by atoms with Gasteiger partial charge in [0.25, 0.3) is 5.91 Å². The summed E-state index contributed by atoms with van der Waals surface area (Å²) in [6, 6.07) is 17.4. The monoisotopic (exact) mass is 359 g/mol. The highest BCUT2D eigenvalue weighted by Gasteiger charge is 2.24. The maximum absolute atomic E-state index is 12.7. The molecule has 0 saturated carbocycles. The number of hydrogen-bond donors (Lipinski definition) is 0. The first-order chi connectivity index (χ1) is 13.3. The van der Waals surface area contributed by atoms with E-state index in [1.165, 1.54) is 4.63 Å². The zero-order chi connectivity index (χ0) is 18.2. The molecule has 8 heteroatoms. The zero-order valence-electron chi connectivity index (χ0n) is 14.6. The molecule has 2 aromatic heterocycles. The number of carbonyl (C=O) groups excluding carboxylic acids is 1. The fraction of sp³-hybridized carbons (Fsp3) is 0.211. The second kappa shape index (κ2) is 6.31. The Morgan fingerprint density at radius 3 is 2.33 bits per heavy atom. The van der Waals surface area contributed by atoms with Crippen molar-refractivity contribution in [2.75, 3.05) is 31.1 Å². The molecule has 0 atom stereocenters. The number of amides is 1. The first-order valence-corrected chi connectivity index (χ1v) is 8.88. The third kappa shape index (κ3) is 2.66. The molecule has 1 fully saturated rings. The van der Waals surface area contributed by atoms with Gasteiger partial charge in [0, 0.05) is 42.5 Å². The smallest absolute Gasteiger partial charge is 0.253 e. The summed E-state index contributed by atoms with van der Waals surface area (Å²) in [5, 5.41) is 18.4. The summed E-state index contributed by atoms with van der Waals surface area (Å²) in [5.74, 6) is 0.918. The van der Waals surface area contributed by atoms with E-state index in [0.717, 1.165) is 22.2 Å². The van der Waals surface area contributed by atoms with E-state index in [1.807, 2.05) is 59.5 Å². The number of tetrazole rings is 1. The summed E-state index contributed by atoms with van der Waals surface area (Å²) in [5.41, 5.74) is 1.37. The second-order valence-electron chi connectivity index (χ2n) is 6.51. The molecule has 3 heterocycles. The maximum atomic E-state index is 12.7. The predicted molar refractivity (Wildman–Crippen MR) is 101 cm³/mol. The number of carbonyl (C=O) groups is 1. The van der Waals surface area contributed by atoms with Crippen LogP contribution in [0.1, 0.15) is 10.4 Å². The maximum Gasteiger partial charge on any atom is 0.253 e. The standard InChI is InChI=1S/C19H17N7O/c27-19(14-6-2-1-3-7-14)25-12-10-24(11-13-25)18-16-9-5-4-8-15(16)17-20-22-23-26(17)21-18/h1-9H,10-13H2. The quantitative estimate of drug-likeness (QED) is 0.541. The Morgan fingerprint density at radius 1 is 0.852 bits per heavy atom. The predicted octanol–water partition coefficient (Wildman–Crippen LogP) is 1.63. The van der Waals surface area contributed by atoms with Gasteiger partial charge in [0.05, 0.1) is 0 Å². The molecule has 1 saturated heterocycles. The minimum Gasteiger partial charge on any atom is -0.351 e. The molecule has 0 spiro atoms. The summed E-state index contributed by atoms with van der Waals surface area (Å²) in [6.45, 7) is 2.72. The molecule has 1 aliphatic heterocycles. The third-order valence-corrected chi connectivity index (χ3v) is 4.94. The fourth-order valence-electron chi connectivity index (χ4n) is 3.55. The highest BCUT2D eigenvalue weighted by Crippen LogP contribution is 2.27. The van der Waals surface area contributed by atoms with Crippen LogP contribution in [0.5, 0.6) is 0 Å². The van der Waals surface area contributed by atoms with Gasteiger partial charge in [-0.15, -0.1) is 14.8 Å². The lowest BCUT2D eigenvalue weighted by atomic mass is 10.1. The number of hydrogen-bond acceptors (Lipinski definition) is 6. The summed E-state index contributed by atoms with van der Waals surface area (Å²) >= 11 is 0. The Bertz CT molecular complexity index is 1120. The van der Waals surface area contributed by atoms with Crippen LogP contribution in [0.4, 0.5) is 5.82 Å². The molecule has 4 aromatic rings. The van der Waals surface area contributed by atoms with Gasteiger partial charge in [-0.25, -0.2) is 0 Å². The van der Waals surface area contributed by atoms with Crippen molar-refractivity contribution in [2.24, 2.45) is 0 Å². The van der Waals surface area contributed by atoms with E-state index < -0.39 is 0 Å². The Kier molecular flexibility index (Phi) is 3.67. The van der Waals surface area contributed by atoms with Crippen molar-refractivity contribution in [1.82, 2.24) is 30.2 Å². The molecule has 0 bridgehead atoms. The summed E-state index contributed by atoms with van der Waals surface area (Å²) in [6.07, 6.45) is 0. The molecule has 0 N–H and O–H groups in total. The Morgan fingerprint density at radius 2 is 1.56 bits per heavy atom. The van der Waals surface area contributed by atoms with Gasteiger partial charge in [-0.2, -0.15) is 0 Å². The number of piperazine rings is 1. The van der Waals surface area contributed by atoms with E-state index in [2.05, 4.69) is 25.5 Å². The Hall–Kier alpha value is -3.55. The fourth-order valence-corrected chi connectivity index (χ4v) is 3.55. The van der Waals surface area contributed by atoms with Crippen molar-refractivity contribution in [3.8, 4) is 0 Å². The lowest BCUT2D eigenvalue weighted by Crippen LogP contribution is -2.49. The van der Waals surface area contributed by atoms with Gasteiger partial charge in [0.15, 0.2) is 5.82 Å². The largest absolute Gasteiger partial charge is 0.351 e.